The Morgan fingerprint density at radius 3 is 2.38 bits per heavy atom. The van der Waals surface area contributed by atoms with Crippen molar-refractivity contribution in [2.24, 2.45) is 5.92 Å². The van der Waals surface area contributed by atoms with E-state index in [1.165, 1.54) is 0 Å². The van der Waals surface area contributed by atoms with Gasteiger partial charge in [-0.1, -0.05) is 26.0 Å². The van der Waals surface area contributed by atoms with E-state index in [4.69, 9.17) is 0 Å². The molecule has 0 radical (unpaired) electrons. The number of aromatic nitrogens is 2. The molecule has 2 rings (SSSR count). The number of aliphatic hydroxyl groups is 2. The van der Waals surface area contributed by atoms with Crippen molar-refractivity contribution >= 4 is 33.4 Å². The van der Waals surface area contributed by atoms with Gasteiger partial charge in [0.05, 0.1) is 23.2 Å². The van der Waals surface area contributed by atoms with Crippen molar-refractivity contribution in [3.05, 3.63) is 40.5 Å². The van der Waals surface area contributed by atoms with E-state index in [1.54, 1.807) is 13.1 Å². The van der Waals surface area contributed by atoms with E-state index < -0.39 is 6.10 Å². The molecule has 0 spiro atoms. The van der Waals surface area contributed by atoms with Gasteiger partial charge in [0.1, 0.15) is 5.82 Å². The molecule has 2 atom stereocenters. The van der Waals surface area contributed by atoms with Crippen LogP contribution in [0.2, 0.25) is 0 Å². The van der Waals surface area contributed by atoms with Gasteiger partial charge in [0.25, 0.3) is 0 Å². The van der Waals surface area contributed by atoms with Gasteiger partial charge in [0, 0.05) is 11.9 Å². The number of rotatable bonds is 7. The normalized spacial score (nSPS) is 13.6. The van der Waals surface area contributed by atoms with Gasteiger partial charge in [0.2, 0.25) is 5.95 Å². The molecule has 7 heteroatoms. The SMILES string of the molecule is CC(O)c1ccc(Nc2ncc(Br)c(N[C@@H](CO)C(C)C)n2)cc1. The Morgan fingerprint density at radius 1 is 1.17 bits per heavy atom. The summed E-state index contributed by atoms with van der Waals surface area (Å²) in [5, 5.41) is 25.4. The third-order valence-corrected chi connectivity index (χ3v) is 4.30. The van der Waals surface area contributed by atoms with Crippen LogP contribution in [0, 0.1) is 5.92 Å². The zero-order valence-corrected chi connectivity index (χ0v) is 15.6. The van der Waals surface area contributed by atoms with Crippen LogP contribution in [0.25, 0.3) is 0 Å². The highest BCUT2D eigenvalue weighted by Gasteiger charge is 2.15. The Kier molecular flexibility index (Phi) is 6.53. The Labute approximate surface area is 150 Å². The van der Waals surface area contributed by atoms with Crippen LogP contribution in [0.1, 0.15) is 32.4 Å². The van der Waals surface area contributed by atoms with Crippen molar-refractivity contribution in [2.45, 2.75) is 32.9 Å². The maximum absolute atomic E-state index is 9.54. The minimum Gasteiger partial charge on any atom is -0.394 e. The first-order valence-electron chi connectivity index (χ1n) is 7.85. The van der Waals surface area contributed by atoms with Gasteiger partial charge in [-0.05, 0) is 46.5 Å². The molecule has 4 N–H and O–H groups in total. The van der Waals surface area contributed by atoms with E-state index in [9.17, 15) is 10.2 Å². The van der Waals surface area contributed by atoms with Gasteiger partial charge in [-0.25, -0.2) is 4.98 Å². The highest BCUT2D eigenvalue weighted by Crippen LogP contribution is 2.24. The van der Waals surface area contributed by atoms with Crippen molar-refractivity contribution < 1.29 is 10.2 Å². The third kappa shape index (κ3) is 4.90. The van der Waals surface area contributed by atoms with E-state index >= 15 is 0 Å². The summed E-state index contributed by atoms with van der Waals surface area (Å²) in [5.74, 6) is 1.34. The van der Waals surface area contributed by atoms with E-state index in [-0.39, 0.29) is 18.6 Å². The number of halogens is 1. The number of nitrogens with one attached hydrogen (secondary N) is 2. The summed E-state index contributed by atoms with van der Waals surface area (Å²) in [6, 6.07) is 7.35. The molecular weight excluding hydrogens is 372 g/mol. The average molecular weight is 395 g/mol. The molecule has 0 saturated carbocycles. The molecule has 0 aliphatic rings. The molecule has 1 aromatic carbocycles. The zero-order valence-electron chi connectivity index (χ0n) is 14.0. The van der Waals surface area contributed by atoms with Gasteiger partial charge in [0.15, 0.2) is 0 Å². The van der Waals surface area contributed by atoms with Crippen LogP contribution in [0.5, 0.6) is 0 Å². The summed E-state index contributed by atoms with van der Waals surface area (Å²) < 4.78 is 0.733. The molecule has 6 nitrogen and oxygen atoms in total. The molecule has 0 bridgehead atoms. The predicted octanol–water partition coefficient (Wildman–Crippen LogP) is 3.46. The predicted molar refractivity (Wildman–Crippen MR) is 99.4 cm³/mol. The molecule has 1 heterocycles. The van der Waals surface area contributed by atoms with Crippen LogP contribution in [-0.2, 0) is 0 Å². The standard InChI is InChI=1S/C17H23BrN4O2/c1-10(2)15(9-23)21-16-14(18)8-19-17(22-16)20-13-6-4-12(5-7-13)11(3)24/h4-8,10-11,15,23-24H,9H2,1-3H3,(H2,19,20,21,22)/t11?,15-/m0/s1. The summed E-state index contributed by atoms with van der Waals surface area (Å²) in [6.45, 7) is 5.82. The molecule has 0 aliphatic carbocycles. The van der Waals surface area contributed by atoms with Crippen LogP contribution in [0.15, 0.2) is 34.9 Å². The number of hydrogen-bond donors (Lipinski definition) is 4. The minimum atomic E-state index is -0.495. The number of nitrogens with zero attached hydrogens (tertiary/aromatic N) is 2. The lowest BCUT2D eigenvalue weighted by Crippen LogP contribution is -2.30. The summed E-state index contributed by atoms with van der Waals surface area (Å²) in [7, 11) is 0. The minimum absolute atomic E-state index is 0.0255. The van der Waals surface area contributed by atoms with Crippen LogP contribution in [0.3, 0.4) is 0 Å². The smallest absolute Gasteiger partial charge is 0.229 e. The van der Waals surface area contributed by atoms with Crippen LogP contribution in [0.4, 0.5) is 17.5 Å². The van der Waals surface area contributed by atoms with Crippen molar-refractivity contribution in [1.82, 2.24) is 9.97 Å². The molecule has 24 heavy (non-hydrogen) atoms. The van der Waals surface area contributed by atoms with Crippen molar-refractivity contribution in [2.75, 3.05) is 17.2 Å². The number of benzene rings is 1. The average Bonchev–Trinajstić information content (AvgIpc) is 2.55. The molecular formula is C17H23BrN4O2. The van der Waals surface area contributed by atoms with Crippen LogP contribution in [-0.4, -0.2) is 32.8 Å². The first-order chi connectivity index (χ1) is 11.4. The molecule has 0 saturated heterocycles. The Morgan fingerprint density at radius 2 is 1.83 bits per heavy atom. The molecule has 130 valence electrons. The number of anilines is 3. The maximum Gasteiger partial charge on any atom is 0.229 e. The lowest BCUT2D eigenvalue weighted by atomic mass is 10.1. The van der Waals surface area contributed by atoms with Gasteiger partial charge in [-0.2, -0.15) is 4.98 Å². The lowest BCUT2D eigenvalue weighted by Gasteiger charge is -2.21. The fourth-order valence-electron chi connectivity index (χ4n) is 2.10. The highest BCUT2D eigenvalue weighted by atomic mass is 79.9. The fraction of sp³-hybridized carbons (Fsp3) is 0.412. The van der Waals surface area contributed by atoms with Crippen LogP contribution < -0.4 is 10.6 Å². The highest BCUT2D eigenvalue weighted by molar-refractivity contribution is 9.10. The summed E-state index contributed by atoms with van der Waals surface area (Å²) >= 11 is 3.42. The van der Waals surface area contributed by atoms with Crippen molar-refractivity contribution in [3.63, 3.8) is 0 Å². The van der Waals surface area contributed by atoms with Gasteiger partial charge < -0.3 is 20.8 Å². The summed E-state index contributed by atoms with van der Waals surface area (Å²) in [6.07, 6.45) is 1.17. The van der Waals surface area contributed by atoms with E-state index in [0.29, 0.717) is 11.8 Å². The molecule has 2 aromatic rings. The third-order valence-electron chi connectivity index (χ3n) is 3.72. The quantitative estimate of drug-likeness (QED) is 0.574. The molecule has 0 fully saturated rings. The zero-order chi connectivity index (χ0) is 17.7. The summed E-state index contributed by atoms with van der Waals surface area (Å²) in [4.78, 5) is 8.70. The monoisotopic (exact) mass is 394 g/mol. The molecule has 1 aromatic heterocycles. The van der Waals surface area contributed by atoms with E-state index in [1.807, 2.05) is 38.1 Å². The van der Waals surface area contributed by atoms with Gasteiger partial charge >= 0.3 is 0 Å². The van der Waals surface area contributed by atoms with Crippen molar-refractivity contribution in [3.8, 4) is 0 Å². The van der Waals surface area contributed by atoms with E-state index in [2.05, 4.69) is 36.5 Å². The molecule has 0 aliphatic heterocycles. The number of hydrogen-bond acceptors (Lipinski definition) is 6. The van der Waals surface area contributed by atoms with Gasteiger partial charge in [-0.15, -0.1) is 0 Å². The Hall–Kier alpha value is -1.70. The second-order valence-electron chi connectivity index (χ2n) is 5.99. The Balaban J connectivity index is 2.15. The maximum atomic E-state index is 9.54. The van der Waals surface area contributed by atoms with Gasteiger partial charge in [-0.3, -0.25) is 0 Å². The largest absolute Gasteiger partial charge is 0.394 e. The topological polar surface area (TPSA) is 90.3 Å². The first kappa shape index (κ1) is 18.6. The fourth-order valence-corrected chi connectivity index (χ4v) is 2.41. The van der Waals surface area contributed by atoms with E-state index in [0.717, 1.165) is 15.7 Å². The second-order valence-corrected chi connectivity index (χ2v) is 6.84. The lowest BCUT2D eigenvalue weighted by molar-refractivity contribution is 0.199. The Bertz CT molecular complexity index is 662. The molecule has 1 unspecified atom stereocenters. The number of aliphatic hydroxyl groups excluding tert-OH is 2. The van der Waals surface area contributed by atoms with Crippen LogP contribution >= 0.6 is 15.9 Å². The first-order valence-corrected chi connectivity index (χ1v) is 8.65. The van der Waals surface area contributed by atoms with Crippen molar-refractivity contribution in [1.29, 1.82) is 0 Å². The molecule has 0 amide bonds. The second kappa shape index (κ2) is 8.41. The summed E-state index contributed by atoms with van der Waals surface area (Å²) in [5.41, 5.74) is 1.68.